The fraction of sp³-hybridized carbons (Fsp3) is 0.692. The first kappa shape index (κ1) is 22.4. The number of ketones is 1. The lowest BCUT2D eigenvalue weighted by atomic mass is 9.45. The summed E-state index contributed by atoms with van der Waals surface area (Å²) in [6, 6.07) is 5.77. The van der Waals surface area contributed by atoms with E-state index in [0.29, 0.717) is 35.1 Å². The summed E-state index contributed by atoms with van der Waals surface area (Å²) in [6.45, 7) is 4.69. The van der Waals surface area contributed by atoms with Crippen molar-refractivity contribution < 1.29 is 19.2 Å². The third-order valence-electron chi connectivity index (χ3n) is 9.92. The molecule has 0 spiro atoms. The van der Waals surface area contributed by atoms with E-state index < -0.39 is 11.0 Å². The molecule has 0 radical (unpaired) electrons. The summed E-state index contributed by atoms with van der Waals surface area (Å²) in [7, 11) is 0. The van der Waals surface area contributed by atoms with Gasteiger partial charge in [-0.25, -0.2) is 4.79 Å². The minimum Gasteiger partial charge on any atom is -0.446 e. The van der Waals surface area contributed by atoms with Crippen LogP contribution < -0.4 is 5.32 Å². The zero-order chi connectivity index (χ0) is 23.4. The Kier molecular flexibility index (Phi) is 5.49. The zero-order valence-corrected chi connectivity index (χ0v) is 19.5. The van der Waals surface area contributed by atoms with Crippen LogP contribution in [-0.4, -0.2) is 22.9 Å². The summed E-state index contributed by atoms with van der Waals surface area (Å²) >= 11 is 0. The average molecular weight is 455 g/mol. The van der Waals surface area contributed by atoms with Crippen molar-refractivity contribution in [3.05, 3.63) is 34.4 Å². The molecule has 1 aromatic rings. The molecule has 33 heavy (non-hydrogen) atoms. The first-order chi connectivity index (χ1) is 15.7. The molecular formula is C26H34N2O5. The van der Waals surface area contributed by atoms with Gasteiger partial charge in [0.1, 0.15) is 11.9 Å². The van der Waals surface area contributed by atoms with Gasteiger partial charge < -0.3 is 4.74 Å². The Labute approximate surface area is 194 Å². The predicted molar refractivity (Wildman–Crippen MR) is 124 cm³/mol. The van der Waals surface area contributed by atoms with Gasteiger partial charge in [0, 0.05) is 29.7 Å². The summed E-state index contributed by atoms with van der Waals surface area (Å²) in [4.78, 5) is 35.4. The molecule has 1 amide bonds. The number of nitro groups is 1. The molecule has 7 nitrogen and oxygen atoms in total. The molecule has 4 aliphatic carbocycles. The first-order valence-corrected chi connectivity index (χ1v) is 12.5. The fourth-order valence-corrected chi connectivity index (χ4v) is 8.06. The second-order valence-electron chi connectivity index (χ2n) is 11.3. The topological polar surface area (TPSA) is 98.5 Å². The van der Waals surface area contributed by atoms with Crippen molar-refractivity contribution in [3.63, 3.8) is 0 Å². The van der Waals surface area contributed by atoms with Gasteiger partial charge in [0.2, 0.25) is 0 Å². The Morgan fingerprint density at radius 3 is 2.55 bits per heavy atom. The molecule has 7 atom stereocenters. The highest BCUT2D eigenvalue weighted by Crippen LogP contribution is 2.65. The second-order valence-corrected chi connectivity index (χ2v) is 11.3. The number of hydrogen-bond donors (Lipinski definition) is 1. The summed E-state index contributed by atoms with van der Waals surface area (Å²) in [5.74, 6) is 2.94. The Morgan fingerprint density at radius 1 is 1.06 bits per heavy atom. The number of benzene rings is 1. The van der Waals surface area contributed by atoms with Crippen LogP contribution in [0.2, 0.25) is 0 Å². The number of carbonyl (C=O) groups is 2. The molecule has 7 heteroatoms. The highest BCUT2D eigenvalue weighted by molar-refractivity contribution is 5.87. The molecule has 0 saturated heterocycles. The number of fused-ring (bicyclic) bond motifs is 5. The Morgan fingerprint density at radius 2 is 1.82 bits per heavy atom. The molecule has 1 aromatic carbocycles. The number of anilines is 1. The van der Waals surface area contributed by atoms with Crippen molar-refractivity contribution >= 4 is 23.3 Å². The van der Waals surface area contributed by atoms with E-state index in [9.17, 15) is 19.7 Å². The van der Waals surface area contributed by atoms with Crippen LogP contribution in [0.3, 0.4) is 0 Å². The van der Waals surface area contributed by atoms with Crippen LogP contribution >= 0.6 is 0 Å². The SMILES string of the molecule is C[C@]12CC[C@H](OC(=O)Nc3ccc([N+](=O)[O-])cc3)C[C@H]1CC[C@@H]1[C@@H]2CC[C@]2(C)C(=O)CC[C@@H]12. The van der Waals surface area contributed by atoms with Crippen molar-refractivity contribution in [1.82, 2.24) is 0 Å². The van der Waals surface area contributed by atoms with Crippen LogP contribution in [0.25, 0.3) is 0 Å². The number of nitrogens with zero attached hydrogens (tertiary/aromatic N) is 1. The highest BCUT2D eigenvalue weighted by Gasteiger charge is 2.60. The number of rotatable bonds is 3. The van der Waals surface area contributed by atoms with Crippen molar-refractivity contribution in [2.24, 2.45) is 34.5 Å². The zero-order valence-electron chi connectivity index (χ0n) is 19.5. The molecule has 4 fully saturated rings. The molecule has 178 valence electrons. The summed E-state index contributed by atoms with van der Waals surface area (Å²) < 4.78 is 5.77. The summed E-state index contributed by atoms with van der Waals surface area (Å²) in [6.07, 6.45) is 8.62. The fourth-order valence-electron chi connectivity index (χ4n) is 8.06. The second kappa shape index (κ2) is 8.10. The Bertz CT molecular complexity index is 962. The van der Waals surface area contributed by atoms with E-state index in [4.69, 9.17) is 4.74 Å². The molecule has 0 heterocycles. The van der Waals surface area contributed by atoms with Crippen molar-refractivity contribution in [2.75, 3.05) is 5.32 Å². The van der Waals surface area contributed by atoms with Gasteiger partial charge >= 0.3 is 6.09 Å². The lowest BCUT2D eigenvalue weighted by molar-refractivity contribution is -0.384. The largest absolute Gasteiger partial charge is 0.446 e. The number of amides is 1. The minimum atomic E-state index is -0.496. The molecule has 0 bridgehead atoms. The normalized spacial score (nSPS) is 39.7. The average Bonchev–Trinajstić information content (AvgIpc) is 3.09. The number of nitrogens with one attached hydrogen (secondary N) is 1. The predicted octanol–water partition coefficient (Wildman–Crippen LogP) is 6.12. The van der Waals surface area contributed by atoms with Crippen molar-refractivity contribution in [1.29, 1.82) is 0 Å². The number of hydrogen-bond acceptors (Lipinski definition) is 5. The van der Waals surface area contributed by atoms with E-state index in [2.05, 4.69) is 19.2 Å². The van der Waals surface area contributed by atoms with E-state index in [1.54, 1.807) is 0 Å². The van der Waals surface area contributed by atoms with Gasteiger partial charge in [-0.05, 0) is 92.6 Å². The van der Waals surface area contributed by atoms with E-state index in [1.807, 2.05) is 0 Å². The van der Waals surface area contributed by atoms with Crippen LogP contribution in [0.15, 0.2) is 24.3 Å². The van der Waals surface area contributed by atoms with Crippen LogP contribution in [0.5, 0.6) is 0 Å². The molecule has 4 saturated carbocycles. The van der Waals surface area contributed by atoms with Gasteiger partial charge in [-0.2, -0.15) is 0 Å². The molecule has 5 rings (SSSR count). The number of carbonyl (C=O) groups excluding carboxylic acids is 2. The van der Waals surface area contributed by atoms with E-state index >= 15 is 0 Å². The van der Waals surface area contributed by atoms with Crippen LogP contribution in [0, 0.1) is 44.6 Å². The van der Waals surface area contributed by atoms with Gasteiger partial charge in [0.15, 0.2) is 0 Å². The van der Waals surface area contributed by atoms with E-state index in [0.717, 1.165) is 51.4 Å². The molecule has 1 N–H and O–H groups in total. The molecule has 0 aromatic heterocycles. The number of non-ortho nitro benzene ring substituents is 1. The van der Waals surface area contributed by atoms with Crippen molar-refractivity contribution in [3.8, 4) is 0 Å². The standard InChI is InChI=1S/C26H34N2O5/c1-25-13-11-19(33-24(30)27-17-4-6-18(7-5-17)28(31)32)15-16(25)3-8-20-21-9-10-23(29)26(21,2)14-12-22(20)25/h4-7,16,19-22H,3,8-15H2,1-2H3,(H,27,30)/t16-,19+,20+,21+,22+,25+,26+/m1/s1. The summed E-state index contributed by atoms with van der Waals surface area (Å²) in [5.41, 5.74) is 0.662. The molecule has 0 aliphatic heterocycles. The van der Waals surface area contributed by atoms with Crippen LogP contribution in [0.1, 0.15) is 71.6 Å². The van der Waals surface area contributed by atoms with Gasteiger partial charge in [0.25, 0.3) is 5.69 Å². The maximum Gasteiger partial charge on any atom is 0.411 e. The molecule has 4 aliphatic rings. The van der Waals surface area contributed by atoms with E-state index in [-0.39, 0.29) is 22.6 Å². The monoisotopic (exact) mass is 454 g/mol. The maximum absolute atomic E-state index is 12.6. The number of Topliss-reactive ketones (excluding diaryl/α,β-unsaturated/α-hetero) is 1. The highest BCUT2D eigenvalue weighted by atomic mass is 16.6. The maximum atomic E-state index is 12.6. The lowest BCUT2D eigenvalue weighted by Crippen LogP contribution is -2.54. The van der Waals surface area contributed by atoms with Crippen LogP contribution in [0.4, 0.5) is 16.2 Å². The molecular weight excluding hydrogens is 420 g/mol. The third kappa shape index (κ3) is 3.73. The van der Waals surface area contributed by atoms with Gasteiger partial charge in [0.05, 0.1) is 4.92 Å². The Hall–Kier alpha value is -2.44. The quantitative estimate of drug-likeness (QED) is 0.438. The number of nitro benzene ring substituents is 1. The number of ether oxygens (including phenoxy) is 1. The Balaban J connectivity index is 1.20. The summed E-state index contributed by atoms with van der Waals surface area (Å²) in [5, 5.41) is 13.5. The smallest absolute Gasteiger partial charge is 0.411 e. The van der Waals surface area contributed by atoms with Crippen molar-refractivity contribution in [2.45, 2.75) is 77.7 Å². The molecule has 0 unspecified atom stereocenters. The third-order valence-corrected chi connectivity index (χ3v) is 9.92. The van der Waals surface area contributed by atoms with Gasteiger partial charge in [-0.15, -0.1) is 0 Å². The first-order valence-electron chi connectivity index (χ1n) is 12.5. The lowest BCUT2D eigenvalue weighted by Gasteiger charge is -2.60. The van der Waals surface area contributed by atoms with E-state index in [1.165, 1.54) is 30.7 Å². The van der Waals surface area contributed by atoms with Gasteiger partial charge in [-0.3, -0.25) is 20.2 Å². The van der Waals surface area contributed by atoms with Crippen LogP contribution in [-0.2, 0) is 9.53 Å². The van der Waals surface area contributed by atoms with Gasteiger partial charge in [-0.1, -0.05) is 13.8 Å². The minimum absolute atomic E-state index is 0.0129.